The Morgan fingerprint density at radius 1 is 1.04 bits per heavy atom. The largest absolute Gasteiger partial charge is 0.508 e. The van der Waals surface area contributed by atoms with Gasteiger partial charge < -0.3 is 10.4 Å². The van der Waals surface area contributed by atoms with Crippen molar-refractivity contribution >= 4 is 11.7 Å². The number of para-hydroxylation sites is 1. The Balaban J connectivity index is 1.61. The van der Waals surface area contributed by atoms with Crippen molar-refractivity contribution in [2.75, 3.05) is 5.32 Å². The number of hydrogen-bond donors (Lipinski definition) is 2. The van der Waals surface area contributed by atoms with E-state index < -0.39 is 0 Å². The number of ketones is 1. The number of allylic oxidation sites excluding steroid dienone is 2. The highest BCUT2D eigenvalue weighted by Crippen LogP contribution is 2.44. The molecule has 2 atom stereocenters. The Bertz CT molecular complexity index is 1050. The number of fused-ring (bicyclic) bond motifs is 1. The van der Waals surface area contributed by atoms with E-state index in [1.54, 1.807) is 16.8 Å². The first-order valence-electron chi connectivity index (χ1n) is 8.98. The maximum atomic E-state index is 13.2. The van der Waals surface area contributed by atoms with Gasteiger partial charge in [0.25, 0.3) is 0 Å². The lowest BCUT2D eigenvalue weighted by molar-refractivity contribution is -0.116. The third-order valence-electron chi connectivity index (χ3n) is 5.35. The van der Waals surface area contributed by atoms with E-state index in [0.717, 1.165) is 22.4 Å². The van der Waals surface area contributed by atoms with Gasteiger partial charge in [0.15, 0.2) is 5.78 Å². The molecule has 2 aliphatic rings. The summed E-state index contributed by atoms with van der Waals surface area (Å²) in [6.07, 6.45) is 2.52. The minimum atomic E-state index is -0.280. The van der Waals surface area contributed by atoms with E-state index in [-0.39, 0.29) is 23.5 Å². The molecule has 2 N–H and O–H groups in total. The lowest BCUT2D eigenvalue weighted by Crippen LogP contribution is -2.33. The summed E-state index contributed by atoms with van der Waals surface area (Å²) < 4.78 is 1.77. The van der Waals surface area contributed by atoms with Gasteiger partial charge in [0.05, 0.1) is 0 Å². The lowest BCUT2D eigenvalue weighted by atomic mass is 9.77. The van der Waals surface area contributed by atoms with Crippen LogP contribution in [-0.4, -0.2) is 25.7 Å². The molecule has 0 bridgehead atoms. The summed E-state index contributed by atoms with van der Waals surface area (Å²) in [5, 5.41) is 17.9. The molecule has 6 nitrogen and oxygen atoms in total. The summed E-state index contributed by atoms with van der Waals surface area (Å²) in [5.41, 5.74) is 3.43. The molecule has 1 aliphatic carbocycles. The van der Waals surface area contributed by atoms with Gasteiger partial charge in [0, 0.05) is 23.6 Å². The quantitative estimate of drug-likeness (QED) is 0.734. The molecule has 0 saturated heterocycles. The number of carbonyl (C=O) groups excluding carboxylic acids is 1. The van der Waals surface area contributed by atoms with Crippen molar-refractivity contribution in [2.45, 2.75) is 24.8 Å². The first kappa shape index (κ1) is 15.8. The van der Waals surface area contributed by atoms with Crippen LogP contribution in [0.15, 0.2) is 72.2 Å². The number of phenols is 1. The van der Waals surface area contributed by atoms with Crippen LogP contribution in [0.3, 0.4) is 0 Å². The second kappa shape index (κ2) is 6.09. The number of aromatic hydroxyl groups is 1. The fourth-order valence-electron chi connectivity index (χ4n) is 4.15. The summed E-state index contributed by atoms with van der Waals surface area (Å²) >= 11 is 0. The average molecular weight is 358 g/mol. The molecule has 134 valence electrons. The minimum absolute atomic E-state index is 0.0594. The Morgan fingerprint density at radius 3 is 2.63 bits per heavy atom. The van der Waals surface area contributed by atoms with Crippen LogP contribution in [0.1, 0.15) is 35.9 Å². The normalized spacial score (nSPS) is 21.4. The predicted octanol–water partition coefficient (Wildman–Crippen LogP) is 3.40. The van der Waals surface area contributed by atoms with Gasteiger partial charge in [-0.15, -0.1) is 0 Å². The number of phenolic OH excluding ortho intramolecular Hbond substituents is 1. The molecule has 27 heavy (non-hydrogen) atoms. The van der Waals surface area contributed by atoms with Gasteiger partial charge in [-0.3, -0.25) is 4.79 Å². The van der Waals surface area contributed by atoms with Crippen molar-refractivity contribution in [3.05, 3.63) is 83.3 Å². The fraction of sp³-hybridized carbons (Fsp3) is 0.190. The molecule has 2 aromatic carbocycles. The molecule has 0 amide bonds. The highest BCUT2D eigenvalue weighted by molar-refractivity contribution is 6.00. The second-order valence-electron chi connectivity index (χ2n) is 6.95. The SMILES string of the molecule is O=C1C[C@H](c2ccccc2O)CC2=C1[C@@H](c1ccccc1)n1ncnc1N2. The molecule has 0 fully saturated rings. The zero-order chi connectivity index (χ0) is 18.4. The molecular formula is C21H18N4O2. The third-order valence-corrected chi connectivity index (χ3v) is 5.35. The van der Waals surface area contributed by atoms with E-state index >= 15 is 0 Å². The zero-order valence-electron chi connectivity index (χ0n) is 14.5. The predicted molar refractivity (Wildman–Crippen MR) is 100 cm³/mol. The van der Waals surface area contributed by atoms with Crippen molar-refractivity contribution in [1.82, 2.24) is 14.8 Å². The van der Waals surface area contributed by atoms with E-state index in [4.69, 9.17) is 0 Å². The second-order valence-corrected chi connectivity index (χ2v) is 6.95. The van der Waals surface area contributed by atoms with Crippen LogP contribution in [0.25, 0.3) is 0 Å². The fourth-order valence-corrected chi connectivity index (χ4v) is 4.15. The van der Waals surface area contributed by atoms with E-state index in [0.29, 0.717) is 18.8 Å². The van der Waals surface area contributed by atoms with Crippen LogP contribution in [0.2, 0.25) is 0 Å². The van der Waals surface area contributed by atoms with Gasteiger partial charge in [0.2, 0.25) is 5.95 Å². The average Bonchev–Trinajstić information content (AvgIpc) is 3.15. The van der Waals surface area contributed by atoms with Crippen molar-refractivity contribution in [3.8, 4) is 5.75 Å². The smallest absolute Gasteiger partial charge is 0.226 e. The molecule has 5 rings (SSSR count). The highest BCUT2D eigenvalue weighted by Gasteiger charge is 2.39. The maximum Gasteiger partial charge on any atom is 0.226 e. The summed E-state index contributed by atoms with van der Waals surface area (Å²) in [6.45, 7) is 0. The molecule has 1 aromatic heterocycles. The van der Waals surface area contributed by atoms with Crippen molar-refractivity contribution in [3.63, 3.8) is 0 Å². The van der Waals surface area contributed by atoms with Crippen molar-refractivity contribution in [1.29, 1.82) is 0 Å². The molecule has 6 heteroatoms. The number of anilines is 1. The molecule has 2 heterocycles. The molecular weight excluding hydrogens is 340 g/mol. The van der Waals surface area contributed by atoms with Crippen LogP contribution < -0.4 is 5.32 Å². The number of Topliss-reactive ketones (excluding diaryl/α,β-unsaturated/α-hetero) is 1. The van der Waals surface area contributed by atoms with Crippen LogP contribution in [0, 0.1) is 0 Å². The molecule has 3 aromatic rings. The standard InChI is InChI=1S/C21H18N4O2/c26-17-9-5-4-8-15(17)14-10-16-19(18(27)11-14)20(13-6-2-1-3-7-13)25-21(24-16)22-12-23-25/h1-9,12,14,20,26H,10-11H2,(H,22,23,24)/t14-,20-/m1/s1. The van der Waals surface area contributed by atoms with Crippen LogP contribution in [-0.2, 0) is 4.79 Å². The third kappa shape index (κ3) is 2.52. The molecule has 0 saturated carbocycles. The molecule has 0 unspecified atom stereocenters. The van der Waals surface area contributed by atoms with Crippen molar-refractivity contribution in [2.24, 2.45) is 0 Å². The number of aromatic nitrogens is 3. The van der Waals surface area contributed by atoms with Crippen LogP contribution in [0.5, 0.6) is 5.75 Å². The number of rotatable bonds is 2. The zero-order valence-corrected chi connectivity index (χ0v) is 14.5. The van der Waals surface area contributed by atoms with E-state index in [2.05, 4.69) is 15.4 Å². The first-order chi connectivity index (χ1) is 13.2. The number of hydrogen-bond acceptors (Lipinski definition) is 5. The van der Waals surface area contributed by atoms with E-state index in [1.165, 1.54) is 6.33 Å². The van der Waals surface area contributed by atoms with Gasteiger partial charge in [-0.1, -0.05) is 48.5 Å². The number of nitrogens with zero attached hydrogens (tertiary/aromatic N) is 3. The van der Waals surface area contributed by atoms with Crippen LogP contribution >= 0.6 is 0 Å². The van der Waals surface area contributed by atoms with Gasteiger partial charge in [-0.2, -0.15) is 10.1 Å². The monoisotopic (exact) mass is 358 g/mol. The number of nitrogens with one attached hydrogen (secondary N) is 1. The van der Waals surface area contributed by atoms with Gasteiger partial charge in [-0.05, 0) is 23.6 Å². The van der Waals surface area contributed by atoms with Crippen molar-refractivity contribution < 1.29 is 9.90 Å². The summed E-state index contributed by atoms with van der Waals surface area (Å²) in [5.74, 6) is 0.883. The van der Waals surface area contributed by atoms with Gasteiger partial charge in [0.1, 0.15) is 18.1 Å². The Labute approximate surface area is 156 Å². The Kier molecular flexibility index (Phi) is 3.57. The summed E-state index contributed by atoms with van der Waals surface area (Å²) in [4.78, 5) is 17.5. The number of benzene rings is 2. The number of carbonyl (C=O) groups is 1. The van der Waals surface area contributed by atoms with E-state index in [9.17, 15) is 9.90 Å². The highest BCUT2D eigenvalue weighted by atomic mass is 16.3. The molecule has 1 aliphatic heterocycles. The van der Waals surface area contributed by atoms with Gasteiger partial charge in [-0.25, -0.2) is 4.68 Å². The lowest BCUT2D eigenvalue weighted by Gasteiger charge is -2.35. The Hall–Kier alpha value is -3.41. The topological polar surface area (TPSA) is 80.0 Å². The Morgan fingerprint density at radius 2 is 1.81 bits per heavy atom. The summed E-state index contributed by atoms with van der Waals surface area (Å²) in [7, 11) is 0. The first-order valence-corrected chi connectivity index (χ1v) is 8.98. The van der Waals surface area contributed by atoms with Crippen LogP contribution in [0.4, 0.5) is 5.95 Å². The molecule has 0 radical (unpaired) electrons. The summed E-state index contributed by atoms with van der Waals surface area (Å²) in [6, 6.07) is 16.9. The van der Waals surface area contributed by atoms with E-state index in [1.807, 2.05) is 42.5 Å². The minimum Gasteiger partial charge on any atom is -0.508 e. The van der Waals surface area contributed by atoms with Gasteiger partial charge >= 0.3 is 0 Å². The molecule has 0 spiro atoms. The maximum absolute atomic E-state index is 13.2.